The highest BCUT2D eigenvalue weighted by molar-refractivity contribution is 6.34. The number of H-pyrrole nitrogens is 1. The number of rotatable bonds is 10. The van der Waals surface area contributed by atoms with Crippen molar-refractivity contribution in [3.8, 4) is 28.1 Å². The quantitative estimate of drug-likeness (QED) is 0.141. The Hall–Kier alpha value is -5.88. The third kappa shape index (κ3) is 11.0. The number of aromatic amines is 1. The van der Waals surface area contributed by atoms with Gasteiger partial charge in [0, 0.05) is 68.7 Å². The summed E-state index contributed by atoms with van der Waals surface area (Å²) in [6.07, 6.45) is -0.876. The van der Waals surface area contributed by atoms with E-state index in [1.165, 1.54) is 19.4 Å². The Bertz CT molecular complexity index is 2370. The molecule has 348 valence electrons. The molecular weight excluding hydrogens is 869 g/mol. The van der Waals surface area contributed by atoms with Gasteiger partial charge in [-0.3, -0.25) is 14.4 Å². The van der Waals surface area contributed by atoms with Gasteiger partial charge in [-0.2, -0.15) is 0 Å². The third-order valence-corrected chi connectivity index (χ3v) is 12.4. The lowest BCUT2D eigenvalue weighted by Gasteiger charge is -2.42. The second-order valence-corrected chi connectivity index (χ2v) is 18.4. The topological polar surface area (TPSA) is 171 Å². The number of carbonyl (C=O) groups is 4. The van der Waals surface area contributed by atoms with Gasteiger partial charge in [0.1, 0.15) is 23.4 Å². The molecule has 0 radical (unpaired) electrons. The van der Waals surface area contributed by atoms with Crippen LogP contribution >= 0.6 is 11.6 Å². The molecule has 3 fully saturated rings. The highest BCUT2D eigenvalue weighted by Gasteiger charge is 2.42. The van der Waals surface area contributed by atoms with E-state index in [4.69, 9.17) is 21.1 Å². The molecule has 15 nitrogen and oxygen atoms in total. The number of halogens is 4. The lowest BCUT2D eigenvalue weighted by molar-refractivity contribution is -0.274. The van der Waals surface area contributed by atoms with E-state index < -0.39 is 41.6 Å². The number of likely N-dealkylation sites (tertiary alicyclic amines) is 1. The first-order valence-corrected chi connectivity index (χ1v) is 22.0. The highest BCUT2D eigenvalue weighted by Crippen LogP contribution is 2.41. The van der Waals surface area contributed by atoms with Crippen LogP contribution in [0.25, 0.3) is 22.4 Å². The van der Waals surface area contributed by atoms with Gasteiger partial charge in [-0.05, 0) is 67.3 Å². The average Bonchev–Trinajstić information content (AvgIpc) is 3.93. The van der Waals surface area contributed by atoms with Crippen LogP contribution in [0, 0.1) is 17.3 Å². The molecule has 0 saturated carbocycles. The van der Waals surface area contributed by atoms with E-state index >= 15 is 0 Å². The summed E-state index contributed by atoms with van der Waals surface area (Å²) >= 11 is 6.62. The van der Waals surface area contributed by atoms with Crippen molar-refractivity contribution in [3.63, 3.8) is 0 Å². The van der Waals surface area contributed by atoms with E-state index in [1.807, 2.05) is 39.5 Å². The predicted octanol–water partition coefficient (Wildman–Crippen LogP) is 8.09. The van der Waals surface area contributed by atoms with Crippen molar-refractivity contribution in [2.45, 2.75) is 78.4 Å². The molecule has 65 heavy (non-hydrogen) atoms. The lowest BCUT2D eigenvalue weighted by Crippen LogP contribution is -2.56. The van der Waals surface area contributed by atoms with Crippen LogP contribution in [0.4, 0.5) is 29.5 Å². The number of alkyl carbamates (subject to hydrolysis) is 1. The molecule has 4 amide bonds. The number of imidazole rings is 1. The van der Waals surface area contributed by atoms with Crippen LogP contribution in [0.15, 0.2) is 60.9 Å². The zero-order chi connectivity index (χ0) is 46.8. The fraction of sp³-hybridized carbons (Fsp3) is 0.478. The van der Waals surface area contributed by atoms with Crippen LogP contribution in [-0.4, -0.2) is 114 Å². The fourth-order valence-corrected chi connectivity index (χ4v) is 8.96. The minimum Gasteiger partial charge on any atom is -0.453 e. The number of anilines is 2. The molecular formula is C46H54ClF3N8O7. The van der Waals surface area contributed by atoms with E-state index in [0.717, 1.165) is 6.07 Å². The van der Waals surface area contributed by atoms with E-state index in [0.29, 0.717) is 87.1 Å². The molecule has 3 aliphatic rings. The Morgan fingerprint density at radius 3 is 2.28 bits per heavy atom. The number of aromatic nitrogens is 3. The van der Waals surface area contributed by atoms with Crippen LogP contribution in [0.5, 0.6) is 5.75 Å². The maximum absolute atomic E-state index is 14.1. The van der Waals surface area contributed by atoms with Crippen molar-refractivity contribution in [2.24, 2.45) is 17.3 Å². The molecule has 3 N–H and O–H groups in total. The van der Waals surface area contributed by atoms with Gasteiger partial charge in [-0.25, -0.2) is 14.8 Å². The first kappa shape index (κ1) is 47.1. The van der Waals surface area contributed by atoms with Gasteiger partial charge in [0.25, 0.3) is 5.91 Å². The van der Waals surface area contributed by atoms with E-state index in [2.05, 4.69) is 35.2 Å². The first-order valence-electron chi connectivity index (χ1n) is 21.6. The maximum atomic E-state index is 14.1. The number of amides is 4. The van der Waals surface area contributed by atoms with Gasteiger partial charge in [-0.1, -0.05) is 63.6 Å². The van der Waals surface area contributed by atoms with Gasteiger partial charge in [0.15, 0.2) is 0 Å². The van der Waals surface area contributed by atoms with Crippen molar-refractivity contribution < 1.29 is 46.6 Å². The molecule has 3 aliphatic heterocycles. The molecule has 7 rings (SSSR count). The Kier molecular flexibility index (Phi) is 14.0. The van der Waals surface area contributed by atoms with Gasteiger partial charge >= 0.3 is 12.5 Å². The smallest absolute Gasteiger partial charge is 0.453 e. The second-order valence-electron chi connectivity index (χ2n) is 17.9. The van der Waals surface area contributed by atoms with Crippen molar-refractivity contribution in [1.29, 1.82) is 0 Å². The number of hydrogen-bond donors (Lipinski definition) is 3. The second kappa shape index (κ2) is 19.3. The molecule has 1 unspecified atom stereocenters. The van der Waals surface area contributed by atoms with Gasteiger partial charge in [0.2, 0.25) is 11.8 Å². The summed E-state index contributed by atoms with van der Waals surface area (Å²) in [5.41, 5.74) is 1.21. The molecule has 2 aromatic carbocycles. The fourth-order valence-electron chi connectivity index (χ4n) is 8.75. The lowest BCUT2D eigenvalue weighted by atomic mass is 9.90. The molecule has 0 bridgehead atoms. The monoisotopic (exact) mass is 922 g/mol. The van der Waals surface area contributed by atoms with Crippen LogP contribution in [-0.2, 0) is 19.1 Å². The molecule has 5 heterocycles. The number of alkyl halides is 3. The van der Waals surface area contributed by atoms with Gasteiger partial charge in [-0.15, -0.1) is 13.2 Å². The Morgan fingerprint density at radius 2 is 1.65 bits per heavy atom. The number of benzene rings is 2. The van der Waals surface area contributed by atoms with Crippen LogP contribution in [0.1, 0.15) is 76.1 Å². The number of carbonyl (C=O) groups excluding carboxylic acids is 4. The summed E-state index contributed by atoms with van der Waals surface area (Å²) in [4.78, 5) is 70.7. The van der Waals surface area contributed by atoms with Crippen LogP contribution in [0.3, 0.4) is 0 Å². The Morgan fingerprint density at radius 1 is 0.938 bits per heavy atom. The summed E-state index contributed by atoms with van der Waals surface area (Å²) < 4.78 is 56.3. The van der Waals surface area contributed by atoms with Crippen LogP contribution in [0.2, 0.25) is 5.02 Å². The maximum Gasteiger partial charge on any atom is 0.573 e. The summed E-state index contributed by atoms with van der Waals surface area (Å²) in [5, 5.41) is 5.32. The molecule has 0 spiro atoms. The number of nitrogens with zero attached hydrogens (tertiary/aromatic N) is 5. The average molecular weight is 923 g/mol. The van der Waals surface area contributed by atoms with Crippen molar-refractivity contribution >= 4 is 46.9 Å². The normalized spacial score (nSPS) is 20.0. The number of piperazine rings is 1. The van der Waals surface area contributed by atoms with Gasteiger partial charge in [0.05, 0.1) is 41.3 Å². The molecule has 19 heteroatoms. The number of methoxy groups -OCH3 is 1. The van der Waals surface area contributed by atoms with Crippen molar-refractivity contribution in [2.75, 3.05) is 56.7 Å². The Labute approximate surface area is 380 Å². The third-order valence-electron chi connectivity index (χ3n) is 12.1. The zero-order valence-electron chi connectivity index (χ0n) is 37.1. The predicted molar refractivity (Wildman–Crippen MR) is 237 cm³/mol. The number of nitrogens with one attached hydrogen (secondary N) is 3. The summed E-state index contributed by atoms with van der Waals surface area (Å²) in [6.45, 7) is 12.8. The number of hydrogen-bond acceptors (Lipinski definition) is 10. The molecule has 3 saturated heterocycles. The summed E-state index contributed by atoms with van der Waals surface area (Å²) in [5.74, 6) is -0.174. The van der Waals surface area contributed by atoms with Crippen LogP contribution < -0.4 is 20.3 Å². The van der Waals surface area contributed by atoms with E-state index in [-0.39, 0.29) is 51.5 Å². The summed E-state index contributed by atoms with van der Waals surface area (Å²) in [7, 11) is 1.25. The first-order chi connectivity index (χ1) is 30.8. The molecule has 2 aromatic heterocycles. The van der Waals surface area contributed by atoms with E-state index in [9.17, 15) is 32.3 Å². The molecule has 0 aliphatic carbocycles. The standard InChI is InChI=1S/C46H54ClF3N8O7/c1-26-19-36(58(24-26)42(60)39(55-44(62)63-6)30-13-17-64-18-14-30)40-52-23-35(53-40)29-9-7-28(8-10-29)32-20-33(47)34(21-37(32)65-46(48,49)50)54-41(59)31-11-12-38(51-22-31)57-16-15-56(25-27(57)2)43(61)45(3,4)5/h7-12,20-23,26-27,30,36,39H,13-19,24-25H2,1-6H3,(H,52,53)(H,54,59)(H,55,62)/t26-,27?,36-,39-/m0/s1. The highest BCUT2D eigenvalue weighted by atomic mass is 35.5. The number of pyridine rings is 1. The molecule has 4 atom stereocenters. The minimum atomic E-state index is -5.06. The number of ether oxygens (including phenoxy) is 3. The van der Waals surface area contributed by atoms with Gasteiger partial charge < -0.3 is 44.5 Å². The largest absolute Gasteiger partial charge is 0.573 e. The van der Waals surface area contributed by atoms with Crippen molar-refractivity contribution in [3.05, 3.63) is 77.3 Å². The molecule has 4 aromatic rings. The summed E-state index contributed by atoms with van der Waals surface area (Å²) in [6, 6.07) is 11.0. The minimum absolute atomic E-state index is 0.0281. The Balaban J connectivity index is 1.05. The SMILES string of the molecule is COC(=O)N[C@H](C(=O)N1C[C@@H](C)C[C@H]1c1ncc(-c2ccc(-c3cc(Cl)c(NC(=O)c4ccc(N5CCN(C(=O)C(C)(C)C)CC5C)nc4)cc3OC(F)(F)F)cc2)[nH]1)C1CCOCC1. The van der Waals surface area contributed by atoms with Crippen molar-refractivity contribution in [1.82, 2.24) is 30.1 Å². The van der Waals surface area contributed by atoms with E-state index in [1.54, 1.807) is 47.5 Å². The zero-order valence-corrected chi connectivity index (χ0v) is 37.9.